The van der Waals surface area contributed by atoms with Gasteiger partial charge in [0.05, 0.1) is 6.54 Å². The molecule has 28 heavy (non-hydrogen) atoms. The summed E-state index contributed by atoms with van der Waals surface area (Å²) in [7, 11) is 0. The van der Waals surface area contributed by atoms with Gasteiger partial charge in [-0.15, -0.1) is 0 Å². The van der Waals surface area contributed by atoms with E-state index in [2.05, 4.69) is 0 Å². The van der Waals surface area contributed by atoms with Crippen molar-refractivity contribution in [3.05, 3.63) is 64.2 Å². The summed E-state index contributed by atoms with van der Waals surface area (Å²) >= 11 is 0. The highest BCUT2D eigenvalue weighted by molar-refractivity contribution is 6.05. The van der Waals surface area contributed by atoms with E-state index in [4.69, 9.17) is 5.41 Å². The normalized spacial score (nSPS) is 14.4. The van der Waals surface area contributed by atoms with Gasteiger partial charge in [0.15, 0.2) is 5.78 Å². The lowest BCUT2D eigenvalue weighted by Crippen LogP contribution is -2.30. The molecule has 1 aliphatic rings. The predicted molar refractivity (Wildman–Crippen MR) is 114 cm³/mol. The minimum atomic E-state index is -0.281. The van der Waals surface area contributed by atoms with E-state index in [0.717, 1.165) is 22.3 Å². The van der Waals surface area contributed by atoms with Crippen LogP contribution in [0.15, 0.2) is 36.4 Å². The van der Waals surface area contributed by atoms with Crippen LogP contribution in [0, 0.1) is 5.41 Å². The number of amidine groups is 1. The van der Waals surface area contributed by atoms with Gasteiger partial charge in [0.25, 0.3) is 0 Å². The van der Waals surface area contributed by atoms with Crippen LogP contribution in [-0.4, -0.2) is 28.2 Å². The average Bonchev–Trinajstić information content (AvgIpc) is 2.89. The second kappa shape index (κ2) is 6.77. The lowest BCUT2D eigenvalue weighted by atomic mass is 9.78. The van der Waals surface area contributed by atoms with E-state index in [1.165, 1.54) is 0 Å². The van der Waals surface area contributed by atoms with Gasteiger partial charge in [-0.3, -0.25) is 10.2 Å². The maximum absolute atomic E-state index is 13.1. The number of carbonyl (C=O) groups excluding carboxylic acids is 1. The molecule has 2 N–H and O–H groups in total. The van der Waals surface area contributed by atoms with Crippen LogP contribution in [0.25, 0.3) is 0 Å². The fraction of sp³-hybridized carbons (Fsp3) is 0.417. The number of hydrogen-bond acceptors (Lipinski definition) is 3. The first kappa shape index (κ1) is 20.1. The SMILES string of the molecule is CC(C)(C)c1cc(C(=O)CN2Cc3ccccc3C2=N)cc(C(C)(C)C)c1O. The van der Waals surface area contributed by atoms with Crippen molar-refractivity contribution in [3.63, 3.8) is 0 Å². The van der Waals surface area contributed by atoms with Crippen LogP contribution in [0.4, 0.5) is 0 Å². The van der Waals surface area contributed by atoms with Gasteiger partial charge in [0.2, 0.25) is 0 Å². The zero-order valence-electron chi connectivity index (χ0n) is 17.7. The summed E-state index contributed by atoms with van der Waals surface area (Å²) in [5.74, 6) is 0.640. The van der Waals surface area contributed by atoms with E-state index < -0.39 is 0 Å². The molecular weight excluding hydrogens is 348 g/mol. The third-order valence-corrected chi connectivity index (χ3v) is 5.33. The van der Waals surface area contributed by atoms with E-state index in [1.54, 1.807) is 0 Å². The molecule has 4 nitrogen and oxygen atoms in total. The maximum atomic E-state index is 13.1. The van der Waals surface area contributed by atoms with Crippen LogP contribution in [-0.2, 0) is 17.4 Å². The maximum Gasteiger partial charge on any atom is 0.182 e. The van der Waals surface area contributed by atoms with Crippen LogP contribution >= 0.6 is 0 Å². The van der Waals surface area contributed by atoms with Crippen molar-refractivity contribution in [2.24, 2.45) is 0 Å². The molecule has 0 atom stereocenters. The van der Waals surface area contributed by atoms with Crippen molar-refractivity contribution in [2.45, 2.75) is 58.9 Å². The molecule has 0 aromatic heterocycles. The highest BCUT2D eigenvalue weighted by Crippen LogP contribution is 2.40. The second-order valence-electron chi connectivity index (χ2n) is 9.70. The number of ketones is 1. The summed E-state index contributed by atoms with van der Waals surface area (Å²) < 4.78 is 0. The summed E-state index contributed by atoms with van der Waals surface area (Å²) in [4.78, 5) is 15.0. The molecule has 0 saturated carbocycles. The Hall–Kier alpha value is -2.62. The second-order valence-corrected chi connectivity index (χ2v) is 9.70. The van der Waals surface area contributed by atoms with Crippen molar-refractivity contribution in [1.29, 1.82) is 5.41 Å². The Balaban J connectivity index is 1.95. The number of rotatable bonds is 3. The zero-order valence-corrected chi connectivity index (χ0v) is 17.7. The van der Waals surface area contributed by atoms with Gasteiger partial charge in [-0.25, -0.2) is 0 Å². The number of benzene rings is 2. The van der Waals surface area contributed by atoms with Gasteiger partial charge >= 0.3 is 0 Å². The van der Waals surface area contributed by atoms with Crippen LogP contribution in [0.5, 0.6) is 5.75 Å². The predicted octanol–water partition coefficient (Wildman–Crippen LogP) is 5.01. The summed E-state index contributed by atoms with van der Waals surface area (Å²) in [6.45, 7) is 13.0. The molecule has 0 saturated heterocycles. The van der Waals surface area contributed by atoms with Crippen LogP contribution in [0.2, 0.25) is 0 Å². The van der Waals surface area contributed by atoms with Crippen molar-refractivity contribution >= 4 is 11.6 Å². The Morgan fingerprint density at radius 2 is 1.57 bits per heavy atom. The van der Waals surface area contributed by atoms with E-state index in [9.17, 15) is 9.90 Å². The lowest BCUT2D eigenvalue weighted by molar-refractivity contribution is 0.0962. The number of carbonyl (C=O) groups is 1. The standard InChI is InChI=1S/C24H30N2O2/c1-23(2,3)18-11-16(12-19(21(18)28)24(4,5)6)20(27)14-26-13-15-9-7-8-10-17(15)22(26)25/h7-12,25,28H,13-14H2,1-6H3. The fourth-order valence-corrected chi connectivity index (χ4v) is 3.68. The van der Waals surface area contributed by atoms with Gasteiger partial charge in [0.1, 0.15) is 11.6 Å². The largest absolute Gasteiger partial charge is 0.507 e. The number of fused-ring (bicyclic) bond motifs is 1. The van der Waals surface area contributed by atoms with E-state index in [0.29, 0.717) is 17.9 Å². The van der Waals surface area contributed by atoms with Gasteiger partial charge in [-0.05, 0) is 28.5 Å². The Morgan fingerprint density at radius 3 is 2.07 bits per heavy atom. The van der Waals surface area contributed by atoms with Gasteiger partial charge < -0.3 is 10.0 Å². The monoisotopic (exact) mass is 378 g/mol. The fourth-order valence-electron chi connectivity index (χ4n) is 3.68. The van der Waals surface area contributed by atoms with Crippen molar-refractivity contribution in [1.82, 2.24) is 4.90 Å². The van der Waals surface area contributed by atoms with Crippen molar-refractivity contribution < 1.29 is 9.90 Å². The first-order chi connectivity index (χ1) is 12.9. The molecule has 0 spiro atoms. The van der Waals surface area contributed by atoms with Crippen molar-refractivity contribution in [2.75, 3.05) is 6.54 Å². The first-order valence-electron chi connectivity index (χ1n) is 9.72. The molecule has 0 radical (unpaired) electrons. The van der Waals surface area contributed by atoms with E-state index >= 15 is 0 Å². The summed E-state index contributed by atoms with van der Waals surface area (Å²) in [6.07, 6.45) is 0. The van der Waals surface area contributed by atoms with E-state index in [1.807, 2.05) is 82.8 Å². The average molecular weight is 379 g/mol. The minimum Gasteiger partial charge on any atom is -0.507 e. The van der Waals surface area contributed by atoms with Crippen LogP contribution in [0.1, 0.15) is 74.2 Å². The molecule has 3 rings (SSSR count). The Bertz CT molecular complexity index is 911. The highest BCUT2D eigenvalue weighted by atomic mass is 16.3. The molecule has 2 aromatic rings. The zero-order chi connectivity index (χ0) is 20.9. The number of hydrogen-bond donors (Lipinski definition) is 2. The molecule has 2 aromatic carbocycles. The van der Waals surface area contributed by atoms with Gasteiger partial charge in [-0.1, -0.05) is 65.8 Å². The summed E-state index contributed by atoms with van der Waals surface area (Å²) in [5, 5.41) is 19.2. The van der Waals surface area contributed by atoms with Crippen LogP contribution < -0.4 is 0 Å². The van der Waals surface area contributed by atoms with Gasteiger partial charge in [0, 0.05) is 28.8 Å². The lowest BCUT2D eigenvalue weighted by Gasteiger charge is -2.28. The molecule has 0 bridgehead atoms. The highest BCUT2D eigenvalue weighted by Gasteiger charge is 2.30. The number of nitrogens with one attached hydrogen (secondary N) is 1. The quantitative estimate of drug-likeness (QED) is 0.738. The molecule has 0 aliphatic carbocycles. The Morgan fingerprint density at radius 1 is 1.04 bits per heavy atom. The third-order valence-electron chi connectivity index (χ3n) is 5.33. The molecule has 0 amide bonds. The number of Topliss-reactive ketones (excluding diaryl/α,β-unsaturated/α-hetero) is 1. The Kier molecular flexibility index (Phi) is 4.86. The minimum absolute atomic E-state index is 0.0337. The smallest absolute Gasteiger partial charge is 0.182 e. The molecule has 0 fully saturated rings. The number of phenols is 1. The van der Waals surface area contributed by atoms with Gasteiger partial charge in [-0.2, -0.15) is 0 Å². The number of nitrogens with zero attached hydrogens (tertiary/aromatic N) is 1. The molecule has 4 heteroatoms. The number of aromatic hydroxyl groups is 1. The Labute approximate surface area is 167 Å². The molecule has 1 heterocycles. The first-order valence-corrected chi connectivity index (χ1v) is 9.72. The summed E-state index contributed by atoms with van der Waals surface area (Å²) in [5.41, 5.74) is 3.57. The third kappa shape index (κ3) is 3.68. The topological polar surface area (TPSA) is 64.4 Å². The van der Waals surface area contributed by atoms with Crippen molar-refractivity contribution in [3.8, 4) is 5.75 Å². The molecular formula is C24H30N2O2. The molecule has 1 aliphatic heterocycles. The number of phenolic OH excluding ortho intramolecular Hbond substituents is 1. The van der Waals surface area contributed by atoms with Crippen LogP contribution in [0.3, 0.4) is 0 Å². The molecule has 0 unspecified atom stereocenters. The molecule has 148 valence electrons. The van der Waals surface area contributed by atoms with E-state index in [-0.39, 0.29) is 28.9 Å². The summed E-state index contributed by atoms with van der Waals surface area (Å²) in [6, 6.07) is 11.5.